The summed E-state index contributed by atoms with van der Waals surface area (Å²) in [4.78, 5) is 24.9. The molecule has 6 nitrogen and oxygen atoms in total. The van der Waals surface area contributed by atoms with Crippen LogP contribution in [0, 0.1) is 5.92 Å². The van der Waals surface area contributed by atoms with Gasteiger partial charge in [0.2, 0.25) is 0 Å². The summed E-state index contributed by atoms with van der Waals surface area (Å²) in [5.74, 6) is -4.66. The van der Waals surface area contributed by atoms with E-state index < -0.39 is 36.6 Å². The SMILES string of the molecule is C[C@@H](CCCc1ccccc1)[C@H](O)/C=C/[C@H]1CC(F)(F)C(=O)N1CCCc1ccc(OC(=O)O)s1. The molecule has 1 saturated heterocycles. The highest BCUT2D eigenvalue weighted by molar-refractivity contribution is 7.13. The fourth-order valence-electron chi connectivity index (χ4n) is 4.19. The maximum atomic E-state index is 14.2. The monoisotopic (exact) mass is 507 g/mol. The Morgan fingerprint density at radius 3 is 2.69 bits per heavy atom. The molecule has 1 aromatic heterocycles. The van der Waals surface area contributed by atoms with E-state index in [0.717, 1.165) is 24.1 Å². The predicted octanol–water partition coefficient (Wildman–Crippen LogP) is 5.55. The standard InChI is InChI=1S/C26H31F2NO5S/c1-18(7-5-10-19-8-3-2-4-9-19)22(30)14-12-20-17-26(27,28)24(31)29(20)16-6-11-21-13-15-23(35-21)34-25(32)33/h2-4,8-9,12-15,18,20,22,30H,5-7,10-11,16-17H2,1H3,(H,32,33)/b14-12+/t18-,20-,22+/m0/s1. The van der Waals surface area contributed by atoms with Gasteiger partial charge >= 0.3 is 12.1 Å². The number of alkyl halides is 2. The molecule has 190 valence electrons. The van der Waals surface area contributed by atoms with Crippen molar-refractivity contribution in [1.29, 1.82) is 0 Å². The summed E-state index contributed by atoms with van der Waals surface area (Å²) in [5, 5.41) is 19.4. The van der Waals surface area contributed by atoms with E-state index in [1.54, 1.807) is 6.07 Å². The summed E-state index contributed by atoms with van der Waals surface area (Å²) in [7, 11) is 0. The van der Waals surface area contributed by atoms with Crippen molar-refractivity contribution in [3.63, 3.8) is 0 Å². The first kappa shape index (κ1) is 26.8. The number of hydrogen-bond acceptors (Lipinski definition) is 5. The van der Waals surface area contributed by atoms with Gasteiger partial charge < -0.3 is 19.8 Å². The molecule has 3 atom stereocenters. The van der Waals surface area contributed by atoms with Crippen molar-refractivity contribution in [2.24, 2.45) is 5.92 Å². The van der Waals surface area contributed by atoms with Crippen molar-refractivity contribution in [2.75, 3.05) is 6.54 Å². The fraction of sp³-hybridized carbons (Fsp3) is 0.462. The van der Waals surface area contributed by atoms with Crippen molar-refractivity contribution in [2.45, 2.75) is 63.5 Å². The number of carbonyl (C=O) groups is 2. The number of benzene rings is 1. The molecule has 35 heavy (non-hydrogen) atoms. The van der Waals surface area contributed by atoms with E-state index in [1.165, 1.54) is 40.0 Å². The molecule has 0 unspecified atom stereocenters. The molecule has 2 N–H and O–H groups in total. The van der Waals surface area contributed by atoms with E-state index in [4.69, 9.17) is 5.11 Å². The van der Waals surface area contributed by atoms with Gasteiger partial charge in [0.1, 0.15) is 0 Å². The van der Waals surface area contributed by atoms with Crippen LogP contribution >= 0.6 is 11.3 Å². The molecule has 0 aliphatic carbocycles. The van der Waals surface area contributed by atoms with E-state index in [-0.39, 0.29) is 17.5 Å². The first-order chi connectivity index (χ1) is 16.7. The average Bonchev–Trinajstić information content (AvgIpc) is 3.34. The number of carboxylic acid groups (broad SMARTS) is 1. The lowest BCUT2D eigenvalue weighted by Gasteiger charge is -2.22. The van der Waals surface area contributed by atoms with Crippen molar-refractivity contribution in [1.82, 2.24) is 4.90 Å². The van der Waals surface area contributed by atoms with E-state index in [9.17, 15) is 23.5 Å². The van der Waals surface area contributed by atoms with Gasteiger partial charge in [0.25, 0.3) is 5.91 Å². The first-order valence-electron chi connectivity index (χ1n) is 11.7. The molecule has 3 rings (SSSR count). The Bertz CT molecular complexity index is 1010. The van der Waals surface area contributed by atoms with E-state index in [2.05, 4.69) is 16.9 Å². The maximum absolute atomic E-state index is 14.2. The van der Waals surface area contributed by atoms with Crippen molar-refractivity contribution in [3.05, 3.63) is 65.1 Å². The highest BCUT2D eigenvalue weighted by atomic mass is 32.1. The normalized spacial score (nSPS) is 19.3. The molecule has 0 saturated carbocycles. The Morgan fingerprint density at radius 1 is 1.23 bits per heavy atom. The van der Waals surface area contributed by atoms with Gasteiger partial charge in [0, 0.05) is 17.8 Å². The number of rotatable bonds is 12. The molecule has 2 heterocycles. The molecular formula is C26H31F2NO5S. The smallest absolute Gasteiger partial charge is 0.449 e. The van der Waals surface area contributed by atoms with Crippen LogP contribution in [0.25, 0.3) is 0 Å². The summed E-state index contributed by atoms with van der Waals surface area (Å²) in [6, 6.07) is 12.6. The summed E-state index contributed by atoms with van der Waals surface area (Å²) in [6.07, 6.45) is 3.83. The van der Waals surface area contributed by atoms with Crippen LogP contribution in [-0.4, -0.2) is 51.8 Å². The topological polar surface area (TPSA) is 87.1 Å². The van der Waals surface area contributed by atoms with Crippen LogP contribution in [0.15, 0.2) is 54.6 Å². The molecule has 0 spiro atoms. The van der Waals surface area contributed by atoms with Gasteiger partial charge in [-0.2, -0.15) is 8.78 Å². The van der Waals surface area contributed by atoms with Crippen LogP contribution < -0.4 is 4.74 Å². The lowest BCUT2D eigenvalue weighted by Crippen LogP contribution is -2.36. The second-order valence-corrected chi connectivity index (χ2v) is 10.0. The van der Waals surface area contributed by atoms with Gasteiger partial charge in [-0.05, 0) is 55.7 Å². The number of carbonyl (C=O) groups excluding carboxylic acids is 1. The van der Waals surface area contributed by atoms with Crippen LogP contribution in [0.2, 0.25) is 0 Å². The Kier molecular flexibility index (Phi) is 9.40. The zero-order valence-electron chi connectivity index (χ0n) is 19.6. The van der Waals surface area contributed by atoms with Gasteiger partial charge in [0.15, 0.2) is 5.06 Å². The fourth-order valence-corrected chi connectivity index (χ4v) is 5.08. The Balaban J connectivity index is 1.50. The van der Waals surface area contributed by atoms with Gasteiger partial charge in [0.05, 0.1) is 12.1 Å². The minimum atomic E-state index is -3.42. The molecule has 9 heteroatoms. The zero-order valence-corrected chi connectivity index (χ0v) is 20.4. The highest BCUT2D eigenvalue weighted by Crippen LogP contribution is 2.35. The number of aliphatic hydroxyl groups is 1. The van der Waals surface area contributed by atoms with Crippen LogP contribution in [0.1, 0.15) is 43.0 Å². The second-order valence-electron chi connectivity index (χ2n) is 8.90. The largest absolute Gasteiger partial charge is 0.512 e. The molecule has 1 aromatic carbocycles. The predicted molar refractivity (Wildman–Crippen MR) is 130 cm³/mol. The second kappa shape index (κ2) is 12.3. The average molecular weight is 508 g/mol. The Labute approximate surface area is 207 Å². The summed E-state index contributed by atoms with van der Waals surface area (Å²) < 4.78 is 32.9. The zero-order chi connectivity index (χ0) is 25.4. The van der Waals surface area contributed by atoms with Crippen LogP contribution in [-0.2, 0) is 17.6 Å². The number of aryl methyl sites for hydroxylation is 2. The molecule has 0 bridgehead atoms. The van der Waals surface area contributed by atoms with Gasteiger partial charge in [-0.15, -0.1) is 11.3 Å². The Morgan fingerprint density at radius 2 is 1.97 bits per heavy atom. The minimum absolute atomic E-state index is 0.0397. The van der Waals surface area contributed by atoms with Crippen molar-refractivity contribution in [3.8, 4) is 5.06 Å². The van der Waals surface area contributed by atoms with E-state index >= 15 is 0 Å². The third-order valence-corrected chi connectivity index (χ3v) is 7.19. The number of halogens is 2. The highest BCUT2D eigenvalue weighted by Gasteiger charge is 2.52. The molecule has 1 aliphatic rings. The van der Waals surface area contributed by atoms with E-state index in [0.29, 0.717) is 12.8 Å². The third-order valence-electron chi connectivity index (χ3n) is 6.17. The summed E-state index contributed by atoms with van der Waals surface area (Å²) in [6.45, 7) is 2.06. The maximum Gasteiger partial charge on any atom is 0.512 e. The van der Waals surface area contributed by atoms with E-state index in [1.807, 2.05) is 25.1 Å². The number of hydrogen-bond donors (Lipinski definition) is 2. The molecule has 0 radical (unpaired) electrons. The third kappa shape index (κ3) is 7.86. The summed E-state index contributed by atoms with van der Waals surface area (Å²) in [5.41, 5.74) is 1.24. The lowest BCUT2D eigenvalue weighted by atomic mass is 9.95. The summed E-state index contributed by atoms with van der Waals surface area (Å²) >= 11 is 1.17. The number of ether oxygens (including phenoxy) is 1. The van der Waals surface area contributed by atoms with Crippen LogP contribution in [0.3, 0.4) is 0 Å². The molecule has 1 amide bonds. The number of nitrogens with zero attached hydrogens (tertiary/aromatic N) is 1. The molecule has 1 fully saturated rings. The van der Waals surface area contributed by atoms with Gasteiger partial charge in [-0.1, -0.05) is 49.4 Å². The van der Waals surface area contributed by atoms with Gasteiger partial charge in [-0.3, -0.25) is 4.79 Å². The Hall–Kier alpha value is -2.78. The number of aliphatic hydroxyl groups excluding tert-OH is 1. The van der Waals surface area contributed by atoms with Crippen molar-refractivity contribution >= 4 is 23.4 Å². The number of amides is 1. The number of likely N-dealkylation sites (tertiary alicyclic amines) is 1. The van der Waals surface area contributed by atoms with Crippen molar-refractivity contribution < 1.29 is 33.3 Å². The van der Waals surface area contributed by atoms with Crippen LogP contribution in [0.4, 0.5) is 13.6 Å². The molecule has 1 aliphatic heterocycles. The van der Waals surface area contributed by atoms with Crippen LogP contribution in [0.5, 0.6) is 5.06 Å². The molecule has 2 aromatic rings. The quantitative estimate of drug-likeness (QED) is 0.291. The number of thiophene rings is 1. The minimum Gasteiger partial charge on any atom is -0.449 e. The van der Waals surface area contributed by atoms with Gasteiger partial charge in [-0.25, -0.2) is 4.79 Å². The lowest BCUT2D eigenvalue weighted by molar-refractivity contribution is -0.148. The first-order valence-corrected chi connectivity index (χ1v) is 12.6. The molecular weight excluding hydrogens is 476 g/mol.